The Morgan fingerprint density at radius 3 is 2.94 bits per heavy atom. The van der Waals surface area contributed by atoms with Crippen LogP contribution < -0.4 is 5.32 Å². The molecule has 0 bridgehead atoms. The van der Waals surface area contributed by atoms with E-state index in [1.165, 1.54) is 12.1 Å². The van der Waals surface area contributed by atoms with Gasteiger partial charge < -0.3 is 9.84 Å². The van der Waals surface area contributed by atoms with Gasteiger partial charge in [-0.3, -0.25) is 0 Å². The van der Waals surface area contributed by atoms with Crippen LogP contribution in [0.2, 0.25) is 0 Å². The third kappa shape index (κ3) is 3.10. The number of rotatable bonds is 4. The number of benzene rings is 1. The average Bonchev–Trinajstić information content (AvgIpc) is 2.73. The van der Waals surface area contributed by atoms with Gasteiger partial charge in [-0.1, -0.05) is 28.0 Å². The summed E-state index contributed by atoms with van der Waals surface area (Å²) in [5, 5.41) is 6.88. The molecule has 0 unspecified atom stereocenters. The Labute approximate surface area is 106 Å². The summed E-state index contributed by atoms with van der Waals surface area (Å²) in [7, 11) is 0. The van der Waals surface area contributed by atoms with Gasteiger partial charge in [0, 0.05) is 10.0 Å². The third-order valence-electron chi connectivity index (χ3n) is 2.12. The molecule has 0 aliphatic rings. The zero-order chi connectivity index (χ0) is 12.3. The first-order chi connectivity index (χ1) is 8.19. The van der Waals surface area contributed by atoms with Gasteiger partial charge in [-0.05, 0) is 24.7 Å². The van der Waals surface area contributed by atoms with Crippen LogP contribution in [0, 0.1) is 5.82 Å². The molecule has 0 saturated carbocycles. The second kappa shape index (κ2) is 5.37. The van der Waals surface area contributed by atoms with Gasteiger partial charge >= 0.3 is 0 Å². The maximum absolute atomic E-state index is 13.2. The SMILES string of the molecule is CCNCc1nc(-c2cc(F)cc(Br)c2)no1. The van der Waals surface area contributed by atoms with Gasteiger partial charge in [-0.2, -0.15) is 4.98 Å². The Hall–Kier alpha value is -1.27. The van der Waals surface area contributed by atoms with E-state index in [2.05, 4.69) is 31.4 Å². The van der Waals surface area contributed by atoms with Crippen LogP contribution in [0.15, 0.2) is 27.2 Å². The molecule has 1 aromatic carbocycles. The minimum Gasteiger partial charge on any atom is -0.338 e. The van der Waals surface area contributed by atoms with Crippen LogP contribution in [0.5, 0.6) is 0 Å². The highest BCUT2D eigenvalue weighted by atomic mass is 79.9. The molecule has 17 heavy (non-hydrogen) atoms. The number of nitrogens with zero attached hydrogens (tertiary/aromatic N) is 2. The minimum absolute atomic E-state index is 0.340. The van der Waals surface area contributed by atoms with Crippen molar-refractivity contribution in [2.75, 3.05) is 6.54 Å². The maximum atomic E-state index is 13.2. The number of aromatic nitrogens is 2. The number of nitrogens with one attached hydrogen (secondary N) is 1. The zero-order valence-corrected chi connectivity index (χ0v) is 10.8. The van der Waals surface area contributed by atoms with Gasteiger partial charge in [0.2, 0.25) is 11.7 Å². The van der Waals surface area contributed by atoms with Crippen LogP contribution >= 0.6 is 15.9 Å². The highest BCUT2D eigenvalue weighted by Gasteiger charge is 2.09. The fourth-order valence-corrected chi connectivity index (χ4v) is 1.82. The van der Waals surface area contributed by atoms with Crippen molar-refractivity contribution in [2.45, 2.75) is 13.5 Å². The quantitative estimate of drug-likeness (QED) is 0.943. The molecular weight excluding hydrogens is 289 g/mol. The lowest BCUT2D eigenvalue weighted by molar-refractivity contribution is 0.369. The minimum atomic E-state index is -0.340. The normalized spacial score (nSPS) is 10.8. The molecule has 0 spiro atoms. The molecule has 1 aromatic heterocycles. The summed E-state index contributed by atoms with van der Waals surface area (Å²) in [6, 6.07) is 4.49. The summed E-state index contributed by atoms with van der Waals surface area (Å²) in [6.07, 6.45) is 0. The molecule has 2 rings (SSSR count). The Balaban J connectivity index is 2.24. The Kier molecular flexibility index (Phi) is 3.86. The molecule has 2 aromatic rings. The first-order valence-corrected chi connectivity index (χ1v) is 5.98. The van der Waals surface area contributed by atoms with E-state index < -0.39 is 0 Å². The predicted molar refractivity (Wildman–Crippen MR) is 64.8 cm³/mol. The lowest BCUT2D eigenvalue weighted by Gasteiger charge is -1.96. The van der Waals surface area contributed by atoms with Crippen LogP contribution in [0.3, 0.4) is 0 Å². The van der Waals surface area contributed by atoms with Crippen LogP contribution in [-0.4, -0.2) is 16.7 Å². The first-order valence-electron chi connectivity index (χ1n) is 5.19. The van der Waals surface area contributed by atoms with Gasteiger partial charge in [-0.15, -0.1) is 0 Å². The van der Waals surface area contributed by atoms with Crippen molar-refractivity contribution >= 4 is 15.9 Å². The topological polar surface area (TPSA) is 51.0 Å². The van der Waals surface area contributed by atoms with Gasteiger partial charge in [0.25, 0.3) is 0 Å². The van der Waals surface area contributed by atoms with Crippen molar-refractivity contribution in [1.29, 1.82) is 0 Å². The van der Waals surface area contributed by atoms with E-state index in [1.54, 1.807) is 6.07 Å². The van der Waals surface area contributed by atoms with Crippen molar-refractivity contribution in [1.82, 2.24) is 15.5 Å². The number of hydrogen-bond acceptors (Lipinski definition) is 4. The highest BCUT2D eigenvalue weighted by Crippen LogP contribution is 2.22. The molecule has 0 atom stereocenters. The summed E-state index contributed by atoms with van der Waals surface area (Å²) in [6.45, 7) is 3.32. The Morgan fingerprint density at radius 1 is 1.41 bits per heavy atom. The number of halogens is 2. The van der Waals surface area contributed by atoms with Gasteiger partial charge in [0.1, 0.15) is 5.82 Å². The molecule has 6 heteroatoms. The maximum Gasteiger partial charge on any atom is 0.240 e. The van der Waals surface area contributed by atoms with Crippen molar-refractivity contribution in [3.05, 3.63) is 34.4 Å². The smallest absolute Gasteiger partial charge is 0.240 e. The number of hydrogen-bond donors (Lipinski definition) is 1. The summed E-state index contributed by atoms with van der Waals surface area (Å²) in [5.74, 6) is 0.535. The summed E-state index contributed by atoms with van der Waals surface area (Å²) >= 11 is 3.22. The molecule has 0 aliphatic carbocycles. The van der Waals surface area contributed by atoms with Crippen molar-refractivity contribution in [3.8, 4) is 11.4 Å². The van der Waals surface area contributed by atoms with E-state index in [-0.39, 0.29) is 5.82 Å². The van der Waals surface area contributed by atoms with Gasteiger partial charge in [0.05, 0.1) is 6.54 Å². The average molecular weight is 300 g/mol. The summed E-state index contributed by atoms with van der Waals surface area (Å²) in [5.41, 5.74) is 0.586. The lowest BCUT2D eigenvalue weighted by atomic mass is 10.2. The lowest BCUT2D eigenvalue weighted by Crippen LogP contribution is -2.11. The summed E-state index contributed by atoms with van der Waals surface area (Å²) < 4.78 is 18.9. The molecule has 90 valence electrons. The van der Waals surface area contributed by atoms with E-state index in [0.29, 0.717) is 28.3 Å². The monoisotopic (exact) mass is 299 g/mol. The van der Waals surface area contributed by atoms with E-state index in [1.807, 2.05) is 6.92 Å². The molecule has 4 nitrogen and oxygen atoms in total. The van der Waals surface area contributed by atoms with Crippen molar-refractivity contribution in [3.63, 3.8) is 0 Å². The predicted octanol–water partition coefficient (Wildman–Crippen LogP) is 2.75. The molecule has 1 N–H and O–H groups in total. The second-order valence-electron chi connectivity index (χ2n) is 3.45. The van der Waals surface area contributed by atoms with Crippen LogP contribution in [0.25, 0.3) is 11.4 Å². The molecular formula is C11H11BrFN3O. The molecule has 1 heterocycles. The second-order valence-corrected chi connectivity index (χ2v) is 4.37. The van der Waals surface area contributed by atoms with E-state index in [4.69, 9.17) is 4.52 Å². The Morgan fingerprint density at radius 2 is 2.24 bits per heavy atom. The summed E-state index contributed by atoms with van der Waals surface area (Å²) in [4.78, 5) is 4.17. The van der Waals surface area contributed by atoms with E-state index >= 15 is 0 Å². The fourth-order valence-electron chi connectivity index (χ4n) is 1.36. The largest absolute Gasteiger partial charge is 0.338 e. The van der Waals surface area contributed by atoms with Gasteiger partial charge in [0.15, 0.2) is 0 Å². The van der Waals surface area contributed by atoms with Crippen LogP contribution in [-0.2, 0) is 6.54 Å². The van der Waals surface area contributed by atoms with E-state index in [0.717, 1.165) is 6.54 Å². The standard InChI is InChI=1S/C11H11BrFN3O/c1-2-14-6-10-15-11(16-17-10)7-3-8(12)5-9(13)4-7/h3-5,14H,2,6H2,1H3. The third-order valence-corrected chi connectivity index (χ3v) is 2.57. The van der Waals surface area contributed by atoms with Gasteiger partial charge in [-0.25, -0.2) is 4.39 Å². The highest BCUT2D eigenvalue weighted by molar-refractivity contribution is 9.10. The van der Waals surface area contributed by atoms with Crippen molar-refractivity contribution < 1.29 is 8.91 Å². The fraction of sp³-hybridized carbons (Fsp3) is 0.273. The Bertz CT molecular complexity index is 495. The zero-order valence-electron chi connectivity index (χ0n) is 9.20. The molecule has 0 aliphatic heterocycles. The molecule has 0 radical (unpaired) electrons. The first kappa shape index (κ1) is 12.2. The van der Waals surface area contributed by atoms with Crippen LogP contribution in [0.4, 0.5) is 4.39 Å². The van der Waals surface area contributed by atoms with Crippen molar-refractivity contribution in [2.24, 2.45) is 0 Å². The van der Waals surface area contributed by atoms with E-state index in [9.17, 15) is 4.39 Å². The molecule has 0 saturated heterocycles. The molecule has 0 amide bonds. The molecule has 0 fully saturated rings. The van der Waals surface area contributed by atoms with Crippen LogP contribution in [0.1, 0.15) is 12.8 Å².